The Balaban J connectivity index is 1.56. The summed E-state index contributed by atoms with van der Waals surface area (Å²) in [5.41, 5.74) is 1.80. The second kappa shape index (κ2) is 5.38. The molecule has 8 nitrogen and oxygen atoms in total. The summed E-state index contributed by atoms with van der Waals surface area (Å²) in [7, 11) is 0. The first-order chi connectivity index (χ1) is 11.9. The van der Waals surface area contributed by atoms with Gasteiger partial charge >= 0.3 is 0 Å². The number of nitro benzene ring substituents is 1. The monoisotopic (exact) mass is 361 g/mol. The van der Waals surface area contributed by atoms with E-state index in [1.165, 1.54) is 12.1 Å². The average Bonchev–Trinajstić information content (AvgIpc) is 3.24. The average molecular weight is 362 g/mol. The topological polar surface area (TPSA) is 110 Å². The molecule has 0 spiro atoms. The van der Waals surface area contributed by atoms with Crippen LogP contribution in [0.25, 0.3) is 0 Å². The van der Waals surface area contributed by atoms with Gasteiger partial charge in [0.2, 0.25) is 0 Å². The van der Waals surface area contributed by atoms with E-state index in [0.717, 1.165) is 17.5 Å². The molecule has 2 aliphatic carbocycles. The van der Waals surface area contributed by atoms with Crippen LogP contribution in [0, 0.1) is 33.8 Å². The molecular weight excluding hydrogens is 350 g/mol. The Hall–Kier alpha value is -2.74. The first-order valence-corrected chi connectivity index (χ1v) is 8.07. The van der Waals surface area contributed by atoms with Gasteiger partial charge < -0.3 is 0 Å². The van der Waals surface area contributed by atoms with Crippen LogP contribution in [0.15, 0.2) is 30.4 Å². The SMILES string of the molecule is O=C(NN1C(=O)[C@@H]2[C@@H](C1=O)[C@H]1C=C[C@H]2C1)c1ccc(Cl)c([N+](=O)[O-])c1. The normalized spacial score (nSPS) is 29.2. The van der Waals surface area contributed by atoms with Crippen LogP contribution in [0.3, 0.4) is 0 Å². The summed E-state index contributed by atoms with van der Waals surface area (Å²) in [5, 5.41) is 11.6. The lowest BCUT2D eigenvalue weighted by molar-refractivity contribution is -0.384. The maximum Gasteiger partial charge on any atom is 0.288 e. The van der Waals surface area contributed by atoms with Crippen LogP contribution in [0.5, 0.6) is 0 Å². The third kappa shape index (κ3) is 2.25. The van der Waals surface area contributed by atoms with Crippen molar-refractivity contribution in [2.45, 2.75) is 6.42 Å². The fourth-order valence-corrected chi connectivity index (χ4v) is 4.16. The molecule has 1 N–H and O–H groups in total. The van der Waals surface area contributed by atoms with Crippen LogP contribution < -0.4 is 5.43 Å². The number of nitro groups is 1. The van der Waals surface area contributed by atoms with Gasteiger partial charge in [0.25, 0.3) is 23.4 Å². The summed E-state index contributed by atoms with van der Waals surface area (Å²) in [6.45, 7) is 0. The zero-order valence-electron chi connectivity index (χ0n) is 12.7. The second-order valence-electron chi connectivity index (χ2n) is 6.38. The molecule has 1 saturated heterocycles. The predicted molar refractivity (Wildman–Crippen MR) is 85.1 cm³/mol. The molecule has 1 aromatic carbocycles. The van der Waals surface area contributed by atoms with Crippen molar-refractivity contribution in [3.8, 4) is 0 Å². The molecular formula is C16H12ClN3O5. The number of allylic oxidation sites excluding steroid dienone is 2. The lowest BCUT2D eigenvalue weighted by Crippen LogP contribution is -2.47. The van der Waals surface area contributed by atoms with Gasteiger partial charge in [0.1, 0.15) is 5.02 Å². The highest BCUT2D eigenvalue weighted by Crippen LogP contribution is 2.52. The van der Waals surface area contributed by atoms with Gasteiger partial charge in [-0.2, -0.15) is 5.01 Å². The van der Waals surface area contributed by atoms with Crippen molar-refractivity contribution in [2.75, 3.05) is 0 Å². The molecule has 1 saturated carbocycles. The maximum absolute atomic E-state index is 12.5. The highest BCUT2D eigenvalue weighted by atomic mass is 35.5. The Morgan fingerprint density at radius 3 is 2.36 bits per heavy atom. The molecule has 1 aliphatic heterocycles. The molecule has 0 aromatic heterocycles. The molecule has 2 bridgehead atoms. The summed E-state index contributed by atoms with van der Waals surface area (Å²) >= 11 is 5.72. The third-order valence-electron chi connectivity index (χ3n) is 5.09. The van der Waals surface area contributed by atoms with Crippen LogP contribution in [0.1, 0.15) is 16.8 Å². The van der Waals surface area contributed by atoms with Crippen molar-refractivity contribution in [1.29, 1.82) is 0 Å². The van der Waals surface area contributed by atoms with Gasteiger partial charge in [0.05, 0.1) is 16.8 Å². The molecule has 4 atom stereocenters. The van der Waals surface area contributed by atoms with Gasteiger partial charge in [-0.15, -0.1) is 0 Å². The first-order valence-electron chi connectivity index (χ1n) is 7.69. The van der Waals surface area contributed by atoms with Crippen LogP contribution in [0.4, 0.5) is 5.69 Å². The van der Waals surface area contributed by atoms with E-state index in [-0.39, 0.29) is 22.4 Å². The number of fused-ring (bicyclic) bond motifs is 5. The number of imide groups is 1. The second-order valence-corrected chi connectivity index (χ2v) is 6.78. The van der Waals surface area contributed by atoms with Gasteiger partial charge in [-0.25, -0.2) is 0 Å². The number of nitrogens with one attached hydrogen (secondary N) is 1. The smallest absolute Gasteiger partial charge is 0.272 e. The van der Waals surface area contributed by atoms with Crippen LogP contribution in [-0.2, 0) is 9.59 Å². The number of hydrogen-bond acceptors (Lipinski definition) is 5. The van der Waals surface area contributed by atoms with E-state index in [4.69, 9.17) is 11.6 Å². The van der Waals surface area contributed by atoms with E-state index in [1.807, 2.05) is 12.2 Å². The van der Waals surface area contributed by atoms with E-state index >= 15 is 0 Å². The van der Waals surface area contributed by atoms with Crippen molar-refractivity contribution in [1.82, 2.24) is 10.4 Å². The Morgan fingerprint density at radius 1 is 1.20 bits per heavy atom. The molecule has 3 aliphatic rings. The Kier molecular flexibility index (Phi) is 3.40. The summed E-state index contributed by atoms with van der Waals surface area (Å²) in [6, 6.07) is 3.53. The van der Waals surface area contributed by atoms with E-state index in [9.17, 15) is 24.5 Å². The third-order valence-corrected chi connectivity index (χ3v) is 5.41. The van der Waals surface area contributed by atoms with Gasteiger partial charge in [-0.1, -0.05) is 23.8 Å². The highest BCUT2D eigenvalue weighted by molar-refractivity contribution is 6.32. The van der Waals surface area contributed by atoms with Gasteiger partial charge in [-0.05, 0) is 30.4 Å². The summed E-state index contributed by atoms with van der Waals surface area (Å²) in [5.74, 6) is -2.42. The molecule has 128 valence electrons. The maximum atomic E-state index is 12.5. The lowest BCUT2D eigenvalue weighted by atomic mass is 9.85. The first kappa shape index (κ1) is 15.8. The quantitative estimate of drug-likeness (QED) is 0.381. The predicted octanol–water partition coefficient (Wildman–Crippen LogP) is 1.70. The number of hydrogen-bond donors (Lipinski definition) is 1. The van der Waals surface area contributed by atoms with E-state index in [1.54, 1.807) is 0 Å². The number of hydrazine groups is 1. The number of nitrogens with zero attached hydrogens (tertiary/aromatic N) is 2. The minimum absolute atomic E-state index is 0.0324. The summed E-state index contributed by atoms with van der Waals surface area (Å²) < 4.78 is 0. The van der Waals surface area contributed by atoms with Gasteiger partial charge in [-0.3, -0.25) is 29.9 Å². The molecule has 1 aromatic rings. The fraction of sp³-hybridized carbons (Fsp3) is 0.312. The number of halogens is 1. The van der Waals surface area contributed by atoms with Crippen molar-refractivity contribution in [3.05, 3.63) is 51.1 Å². The van der Waals surface area contributed by atoms with Crippen LogP contribution in [-0.4, -0.2) is 27.7 Å². The van der Waals surface area contributed by atoms with Gasteiger partial charge in [0, 0.05) is 11.6 Å². The molecule has 1 heterocycles. The number of amides is 3. The van der Waals surface area contributed by atoms with E-state index in [2.05, 4.69) is 5.43 Å². The van der Waals surface area contributed by atoms with Gasteiger partial charge in [0.15, 0.2) is 0 Å². The number of benzene rings is 1. The van der Waals surface area contributed by atoms with Crippen molar-refractivity contribution >= 4 is 35.0 Å². The summed E-state index contributed by atoms with van der Waals surface area (Å²) in [4.78, 5) is 47.6. The molecule has 25 heavy (non-hydrogen) atoms. The molecule has 3 amide bonds. The molecule has 0 radical (unpaired) electrons. The zero-order valence-corrected chi connectivity index (χ0v) is 13.5. The number of carbonyl (C=O) groups excluding carboxylic acids is 3. The molecule has 4 rings (SSSR count). The van der Waals surface area contributed by atoms with Crippen LogP contribution in [0.2, 0.25) is 5.02 Å². The van der Waals surface area contributed by atoms with Crippen LogP contribution >= 0.6 is 11.6 Å². The van der Waals surface area contributed by atoms with E-state index < -0.39 is 40.2 Å². The zero-order chi connectivity index (χ0) is 17.9. The minimum Gasteiger partial charge on any atom is -0.272 e. The minimum atomic E-state index is -0.776. The summed E-state index contributed by atoms with van der Waals surface area (Å²) in [6.07, 6.45) is 4.69. The highest BCUT2D eigenvalue weighted by Gasteiger charge is 2.59. The Labute approximate surface area is 146 Å². The number of rotatable bonds is 3. The Bertz CT molecular complexity index is 837. The molecule has 9 heteroatoms. The fourth-order valence-electron chi connectivity index (χ4n) is 3.97. The lowest BCUT2D eigenvalue weighted by Gasteiger charge is -2.18. The standard InChI is InChI=1S/C16H12ClN3O5/c17-10-4-3-9(6-11(10)20(24)25)14(21)18-19-15(22)12-7-1-2-8(5-7)13(12)16(19)23/h1-4,6-8,12-13H,5H2,(H,18,21)/t7-,8-,12-,13-/m0/s1. The van der Waals surface area contributed by atoms with E-state index in [0.29, 0.717) is 0 Å². The Morgan fingerprint density at radius 2 is 1.80 bits per heavy atom. The number of carbonyl (C=O) groups is 3. The molecule has 2 fully saturated rings. The van der Waals surface area contributed by atoms with Crippen molar-refractivity contribution in [3.63, 3.8) is 0 Å². The molecule has 0 unspecified atom stereocenters. The largest absolute Gasteiger partial charge is 0.288 e. The van der Waals surface area contributed by atoms with Crippen molar-refractivity contribution < 1.29 is 19.3 Å². The van der Waals surface area contributed by atoms with Crippen molar-refractivity contribution in [2.24, 2.45) is 23.7 Å².